The molecule has 0 unspecified atom stereocenters. The summed E-state index contributed by atoms with van der Waals surface area (Å²) in [4.78, 5) is 0. The summed E-state index contributed by atoms with van der Waals surface area (Å²) >= 11 is 6.96. The lowest BCUT2D eigenvalue weighted by molar-refractivity contribution is 0.0125. The van der Waals surface area contributed by atoms with Crippen molar-refractivity contribution in [2.24, 2.45) is 5.92 Å². The summed E-state index contributed by atoms with van der Waals surface area (Å²) in [5, 5.41) is 2.04. The van der Waals surface area contributed by atoms with Crippen molar-refractivity contribution in [1.29, 1.82) is 0 Å². The molecule has 0 aromatic carbocycles. The maximum absolute atomic E-state index is 5.51. The van der Waals surface area contributed by atoms with Gasteiger partial charge in [-0.3, -0.25) is 0 Å². The van der Waals surface area contributed by atoms with E-state index in [-0.39, 0.29) is 0 Å². The van der Waals surface area contributed by atoms with E-state index in [2.05, 4.69) is 38.8 Å². The van der Waals surface area contributed by atoms with Crippen LogP contribution in [0.4, 0.5) is 0 Å². The molecule has 0 atom stereocenters. The summed E-state index contributed by atoms with van der Waals surface area (Å²) in [6, 6.07) is 0. The van der Waals surface area contributed by atoms with Gasteiger partial charge in [0.1, 0.15) is 0 Å². The Morgan fingerprint density at radius 3 is 1.78 bits per heavy atom. The lowest BCUT2D eigenvalue weighted by Gasteiger charge is -2.10. The predicted octanol–water partition coefficient (Wildman–Crippen LogP) is 3.63. The van der Waals surface area contributed by atoms with Crippen LogP contribution in [0.5, 0.6) is 0 Å². The van der Waals surface area contributed by atoms with Crippen LogP contribution < -0.4 is 0 Å². The van der Waals surface area contributed by atoms with Crippen LogP contribution in [0.15, 0.2) is 0 Å². The zero-order chi connectivity index (χ0) is 13.5. The molecule has 18 heavy (non-hydrogen) atoms. The van der Waals surface area contributed by atoms with E-state index in [0.29, 0.717) is 32.3 Å². The van der Waals surface area contributed by atoms with Crippen LogP contribution in [0, 0.1) is 5.92 Å². The van der Waals surface area contributed by atoms with E-state index in [1.807, 2.05) is 0 Å². The standard InChI is InChI=1S/C13H26Br2O3/c1-2-3-5-16-7-9-18-10-8-17-6-4-13(11-14)12-15/h13H,2-12H2,1H3. The molecule has 0 saturated heterocycles. The van der Waals surface area contributed by atoms with E-state index in [9.17, 15) is 0 Å². The van der Waals surface area contributed by atoms with Gasteiger partial charge >= 0.3 is 0 Å². The Morgan fingerprint density at radius 2 is 1.28 bits per heavy atom. The van der Waals surface area contributed by atoms with Gasteiger partial charge in [0.15, 0.2) is 0 Å². The van der Waals surface area contributed by atoms with Crippen LogP contribution >= 0.6 is 31.9 Å². The van der Waals surface area contributed by atoms with E-state index in [0.717, 1.165) is 36.7 Å². The van der Waals surface area contributed by atoms with Gasteiger partial charge in [0.2, 0.25) is 0 Å². The first-order valence-electron chi connectivity index (χ1n) is 6.70. The molecule has 0 aliphatic heterocycles. The lowest BCUT2D eigenvalue weighted by atomic mass is 10.1. The van der Waals surface area contributed by atoms with Crippen molar-refractivity contribution in [2.45, 2.75) is 26.2 Å². The van der Waals surface area contributed by atoms with Gasteiger partial charge in [-0.2, -0.15) is 0 Å². The molecule has 0 heterocycles. The van der Waals surface area contributed by atoms with E-state index < -0.39 is 0 Å². The second-order valence-corrected chi connectivity index (χ2v) is 5.45. The number of alkyl halides is 2. The molecule has 0 aromatic rings. The monoisotopic (exact) mass is 388 g/mol. The van der Waals surface area contributed by atoms with Crippen LogP contribution in [0.3, 0.4) is 0 Å². The van der Waals surface area contributed by atoms with E-state index in [1.165, 1.54) is 6.42 Å². The average Bonchev–Trinajstić information content (AvgIpc) is 2.40. The minimum absolute atomic E-state index is 0.651. The summed E-state index contributed by atoms with van der Waals surface area (Å²) in [7, 11) is 0. The first-order chi connectivity index (χ1) is 8.85. The van der Waals surface area contributed by atoms with Crippen molar-refractivity contribution in [3.05, 3.63) is 0 Å². The molecule has 0 radical (unpaired) electrons. The molecule has 0 N–H and O–H groups in total. The summed E-state index contributed by atoms with van der Waals surface area (Å²) in [5.74, 6) is 0.651. The number of unbranched alkanes of at least 4 members (excludes halogenated alkanes) is 1. The topological polar surface area (TPSA) is 27.7 Å². The minimum Gasteiger partial charge on any atom is -0.379 e. The van der Waals surface area contributed by atoms with Gasteiger partial charge in [0.25, 0.3) is 0 Å². The Hall–Kier alpha value is 0.840. The summed E-state index contributed by atoms with van der Waals surface area (Å²) in [5.41, 5.74) is 0. The van der Waals surface area contributed by atoms with E-state index in [1.54, 1.807) is 0 Å². The summed E-state index contributed by atoms with van der Waals surface area (Å²) in [6.45, 7) is 6.49. The fraction of sp³-hybridized carbons (Fsp3) is 1.00. The Bertz CT molecular complexity index is 155. The van der Waals surface area contributed by atoms with E-state index in [4.69, 9.17) is 14.2 Å². The maximum Gasteiger partial charge on any atom is 0.0701 e. The Kier molecular flexibility index (Phi) is 16.6. The Morgan fingerprint density at radius 1 is 0.778 bits per heavy atom. The highest BCUT2D eigenvalue weighted by atomic mass is 79.9. The molecule has 3 nitrogen and oxygen atoms in total. The first-order valence-corrected chi connectivity index (χ1v) is 8.94. The molecule has 0 fully saturated rings. The number of hydrogen-bond acceptors (Lipinski definition) is 3. The van der Waals surface area contributed by atoms with Crippen molar-refractivity contribution < 1.29 is 14.2 Å². The molecule has 0 aliphatic rings. The van der Waals surface area contributed by atoms with Crippen LogP contribution in [0.1, 0.15) is 26.2 Å². The summed E-state index contributed by atoms with van der Waals surface area (Å²) < 4.78 is 16.3. The molecule has 0 saturated carbocycles. The molecule has 0 spiro atoms. The molecule has 0 aromatic heterocycles. The van der Waals surface area contributed by atoms with Crippen LogP contribution in [-0.2, 0) is 14.2 Å². The third kappa shape index (κ3) is 13.3. The molecule has 110 valence electrons. The molecular weight excluding hydrogens is 364 g/mol. The van der Waals surface area contributed by atoms with Crippen LogP contribution in [0.2, 0.25) is 0 Å². The highest BCUT2D eigenvalue weighted by Crippen LogP contribution is 2.10. The average molecular weight is 390 g/mol. The number of ether oxygens (including phenoxy) is 3. The second kappa shape index (κ2) is 15.9. The fourth-order valence-electron chi connectivity index (χ4n) is 1.23. The van der Waals surface area contributed by atoms with Crippen molar-refractivity contribution in [3.8, 4) is 0 Å². The Labute approximate surface area is 128 Å². The third-order valence-electron chi connectivity index (χ3n) is 2.49. The van der Waals surface area contributed by atoms with Gasteiger partial charge in [0.05, 0.1) is 26.4 Å². The number of hydrogen-bond donors (Lipinski definition) is 0. The second-order valence-electron chi connectivity index (χ2n) is 4.15. The number of halogens is 2. The highest BCUT2D eigenvalue weighted by Gasteiger charge is 2.04. The van der Waals surface area contributed by atoms with Gasteiger partial charge < -0.3 is 14.2 Å². The molecular formula is C13H26Br2O3. The first kappa shape index (κ1) is 18.8. The molecule has 0 rings (SSSR count). The number of rotatable bonds is 14. The molecule has 0 aliphatic carbocycles. The zero-order valence-corrected chi connectivity index (χ0v) is 14.5. The normalized spacial score (nSPS) is 11.3. The largest absolute Gasteiger partial charge is 0.379 e. The van der Waals surface area contributed by atoms with Crippen LogP contribution in [-0.4, -0.2) is 50.3 Å². The predicted molar refractivity (Wildman–Crippen MR) is 83.1 cm³/mol. The van der Waals surface area contributed by atoms with Crippen molar-refractivity contribution in [1.82, 2.24) is 0 Å². The molecule has 5 heteroatoms. The highest BCUT2D eigenvalue weighted by molar-refractivity contribution is 9.09. The molecule has 0 amide bonds. The van der Waals surface area contributed by atoms with Gasteiger partial charge in [-0.1, -0.05) is 45.2 Å². The molecule has 0 bridgehead atoms. The van der Waals surface area contributed by atoms with Gasteiger partial charge in [-0.15, -0.1) is 0 Å². The van der Waals surface area contributed by atoms with Crippen molar-refractivity contribution in [2.75, 3.05) is 50.3 Å². The Balaban J connectivity index is 3.03. The smallest absolute Gasteiger partial charge is 0.0701 e. The van der Waals surface area contributed by atoms with Gasteiger partial charge in [-0.05, 0) is 18.8 Å². The maximum atomic E-state index is 5.51. The fourth-order valence-corrected chi connectivity index (χ4v) is 2.95. The SMILES string of the molecule is CCCCOCCOCCOCCC(CBr)CBr. The van der Waals surface area contributed by atoms with Crippen molar-refractivity contribution >= 4 is 31.9 Å². The minimum atomic E-state index is 0.651. The van der Waals surface area contributed by atoms with E-state index >= 15 is 0 Å². The van der Waals surface area contributed by atoms with Crippen molar-refractivity contribution in [3.63, 3.8) is 0 Å². The lowest BCUT2D eigenvalue weighted by Crippen LogP contribution is -2.12. The zero-order valence-electron chi connectivity index (χ0n) is 11.3. The van der Waals surface area contributed by atoms with Gasteiger partial charge in [0, 0.05) is 23.9 Å². The summed E-state index contributed by atoms with van der Waals surface area (Å²) in [6.07, 6.45) is 3.39. The van der Waals surface area contributed by atoms with Crippen LogP contribution in [0.25, 0.3) is 0 Å². The quantitative estimate of drug-likeness (QED) is 0.335. The third-order valence-corrected chi connectivity index (χ3v) is 4.32. The van der Waals surface area contributed by atoms with Gasteiger partial charge in [-0.25, -0.2) is 0 Å².